The van der Waals surface area contributed by atoms with Crippen LogP contribution in [0, 0.1) is 0 Å². The Bertz CT molecular complexity index is 594. The number of rotatable bonds is 3. The molecule has 0 bridgehead atoms. The number of nitrogens with two attached hydrogens (primary N) is 1. The monoisotopic (exact) mass is 257 g/mol. The second-order valence-corrected chi connectivity index (χ2v) is 4.00. The quantitative estimate of drug-likeness (QED) is 0.678. The van der Waals surface area contributed by atoms with E-state index in [1.165, 1.54) is 14.2 Å². The molecule has 19 heavy (non-hydrogen) atoms. The van der Waals surface area contributed by atoms with Gasteiger partial charge in [-0.1, -0.05) is 30.3 Å². The van der Waals surface area contributed by atoms with Crippen LogP contribution < -0.4 is 10.5 Å². The second kappa shape index (κ2) is 5.44. The number of esters is 1. The van der Waals surface area contributed by atoms with Gasteiger partial charge in [-0.2, -0.15) is 0 Å². The lowest BCUT2D eigenvalue weighted by atomic mass is 10.0. The fourth-order valence-electron chi connectivity index (χ4n) is 1.94. The Labute approximate surface area is 111 Å². The molecule has 2 rings (SSSR count). The van der Waals surface area contributed by atoms with Crippen molar-refractivity contribution < 1.29 is 14.3 Å². The van der Waals surface area contributed by atoms with Crippen LogP contribution in [0.4, 0.5) is 5.69 Å². The van der Waals surface area contributed by atoms with Gasteiger partial charge in [0.15, 0.2) is 5.75 Å². The molecule has 2 aromatic carbocycles. The van der Waals surface area contributed by atoms with E-state index in [4.69, 9.17) is 15.2 Å². The number of hydrogen-bond donors (Lipinski definition) is 1. The molecular formula is C15H15NO3. The molecule has 4 heteroatoms. The standard InChI is InChI=1S/C15H15NO3/c1-18-14-12(15(17)19-2)8-11(9-13(14)16)10-6-4-3-5-7-10/h3-9H,16H2,1-2H3. The average Bonchev–Trinajstić information content (AvgIpc) is 2.46. The molecule has 0 unspecified atom stereocenters. The number of nitrogen functional groups attached to an aromatic ring is 1. The van der Waals surface area contributed by atoms with Crippen LogP contribution in [-0.4, -0.2) is 20.2 Å². The maximum atomic E-state index is 11.8. The van der Waals surface area contributed by atoms with Crippen molar-refractivity contribution in [1.82, 2.24) is 0 Å². The summed E-state index contributed by atoms with van der Waals surface area (Å²) < 4.78 is 9.91. The van der Waals surface area contributed by atoms with E-state index in [2.05, 4.69) is 0 Å². The molecule has 0 heterocycles. The van der Waals surface area contributed by atoms with Crippen LogP contribution in [0.15, 0.2) is 42.5 Å². The summed E-state index contributed by atoms with van der Waals surface area (Å²) in [5.74, 6) is -0.132. The van der Waals surface area contributed by atoms with Crippen LogP contribution >= 0.6 is 0 Å². The third-order valence-corrected chi connectivity index (χ3v) is 2.83. The number of carbonyl (C=O) groups excluding carboxylic acids is 1. The van der Waals surface area contributed by atoms with E-state index in [0.29, 0.717) is 17.0 Å². The lowest BCUT2D eigenvalue weighted by Crippen LogP contribution is -2.06. The summed E-state index contributed by atoms with van der Waals surface area (Å²) in [5.41, 5.74) is 8.48. The third-order valence-electron chi connectivity index (χ3n) is 2.83. The zero-order valence-electron chi connectivity index (χ0n) is 10.8. The lowest BCUT2D eigenvalue weighted by Gasteiger charge is -2.12. The topological polar surface area (TPSA) is 61.5 Å². The maximum Gasteiger partial charge on any atom is 0.341 e. The fraction of sp³-hybridized carbons (Fsp3) is 0.133. The Balaban J connectivity index is 2.60. The van der Waals surface area contributed by atoms with Crippen molar-refractivity contribution >= 4 is 11.7 Å². The number of methoxy groups -OCH3 is 2. The molecule has 0 aliphatic heterocycles. The molecule has 0 atom stereocenters. The van der Waals surface area contributed by atoms with Gasteiger partial charge < -0.3 is 15.2 Å². The predicted octanol–water partition coefficient (Wildman–Crippen LogP) is 2.73. The molecule has 0 aliphatic carbocycles. The van der Waals surface area contributed by atoms with Gasteiger partial charge in [0.2, 0.25) is 0 Å². The van der Waals surface area contributed by atoms with E-state index in [1.54, 1.807) is 12.1 Å². The Morgan fingerprint density at radius 2 is 1.74 bits per heavy atom. The minimum Gasteiger partial charge on any atom is -0.494 e. The average molecular weight is 257 g/mol. The third kappa shape index (κ3) is 2.52. The van der Waals surface area contributed by atoms with Gasteiger partial charge in [-0.25, -0.2) is 4.79 Å². The first kappa shape index (κ1) is 13.0. The van der Waals surface area contributed by atoms with E-state index in [1.807, 2.05) is 30.3 Å². The first-order valence-electron chi connectivity index (χ1n) is 5.78. The molecule has 4 nitrogen and oxygen atoms in total. The molecule has 2 aromatic rings. The van der Waals surface area contributed by atoms with E-state index in [0.717, 1.165) is 11.1 Å². The van der Waals surface area contributed by atoms with Gasteiger partial charge in [0.1, 0.15) is 5.56 Å². The number of anilines is 1. The highest BCUT2D eigenvalue weighted by Crippen LogP contribution is 2.33. The Morgan fingerprint density at radius 1 is 1.05 bits per heavy atom. The molecule has 98 valence electrons. The summed E-state index contributed by atoms with van der Waals surface area (Å²) in [5, 5.41) is 0. The van der Waals surface area contributed by atoms with Crippen molar-refractivity contribution in [1.29, 1.82) is 0 Å². The minimum absolute atomic E-state index is 0.323. The first-order valence-corrected chi connectivity index (χ1v) is 5.78. The summed E-state index contributed by atoms with van der Waals surface area (Å²) in [7, 11) is 2.80. The molecule has 0 spiro atoms. The van der Waals surface area contributed by atoms with Crippen molar-refractivity contribution in [3.05, 3.63) is 48.0 Å². The SMILES string of the molecule is COC(=O)c1cc(-c2ccccc2)cc(N)c1OC. The van der Waals surface area contributed by atoms with Crippen LogP contribution in [0.25, 0.3) is 11.1 Å². The largest absolute Gasteiger partial charge is 0.494 e. The van der Waals surface area contributed by atoms with Gasteiger partial charge in [-0.3, -0.25) is 0 Å². The fourth-order valence-corrected chi connectivity index (χ4v) is 1.94. The summed E-state index contributed by atoms with van der Waals surface area (Å²) in [6, 6.07) is 13.2. The minimum atomic E-state index is -0.471. The van der Waals surface area contributed by atoms with Crippen molar-refractivity contribution in [2.24, 2.45) is 0 Å². The number of hydrogen-bond acceptors (Lipinski definition) is 4. The van der Waals surface area contributed by atoms with Crippen LogP contribution in [0.1, 0.15) is 10.4 Å². The van der Waals surface area contributed by atoms with Gasteiger partial charge >= 0.3 is 5.97 Å². The Kier molecular flexibility index (Phi) is 3.71. The van der Waals surface area contributed by atoms with E-state index >= 15 is 0 Å². The van der Waals surface area contributed by atoms with Crippen LogP contribution in [0.5, 0.6) is 5.75 Å². The zero-order chi connectivity index (χ0) is 13.8. The van der Waals surface area contributed by atoms with Crippen LogP contribution in [0.3, 0.4) is 0 Å². The highest BCUT2D eigenvalue weighted by molar-refractivity contribution is 5.96. The van der Waals surface area contributed by atoms with Crippen molar-refractivity contribution in [3.63, 3.8) is 0 Å². The molecule has 2 N–H and O–H groups in total. The lowest BCUT2D eigenvalue weighted by molar-refractivity contribution is 0.0597. The molecule has 0 aromatic heterocycles. The molecule has 0 radical (unpaired) electrons. The van der Waals surface area contributed by atoms with Gasteiger partial charge in [0.25, 0.3) is 0 Å². The van der Waals surface area contributed by atoms with E-state index in [9.17, 15) is 4.79 Å². The van der Waals surface area contributed by atoms with Gasteiger partial charge in [0, 0.05) is 0 Å². The summed E-state index contributed by atoms with van der Waals surface area (Å²) >= 11 is 0. The summed E-state index contributed by atoms with van der Waals surface area (Å²) in [6.45, 7) is 0. The molecule has 0 fully saturated rings. The highest BCUT2D eigenvalue weighted by Gasteiger charge is 2.17. The summed E-state index contributed by atoms with van der Waals surface area (Å²) in [4.78, 5) is 11.8. The van der Waals surface area contributed by atoms with Crippen LogP contribution in [-0.2, 0) is 4.74 Å². The smallest absolute Gasteiger partial charge is 0.341 e. The normalized spacial score (nSPS) is 10.0. The Morgan fingerprint density at radius 3 is 2.32 bits per heavy atom. The first-order chi connectivity index (χ1) is 9.17. The second-order valence-electron chi connectivity index (χ2n) is 4.00. The number of ether oxygens (including phenoxy) is 2. The van der Waals surface area contributed by atoms with Crippen molar-refractivity contribution in [2.45, 2.75) is 0 Å². The Hall–Kier alpha value is -2.49. The maximum absolute atomic E-state index is 11.8. The molecule has 0 aliphatic rings. The number of carbonyl (C=O) groups is 1. The predicted molar refractivity (Wildman–Crippen MR) is 74.2 cm³/mol. The molecule has 0 amide bonds. The molecule has 0 saturated heterocycles. The van der Waals surface area contributed by atoms with E-state index in [-0.39, 0.29) is 0 Å². The molecule has 0 saturated carbocycles. The van der Waals surface area contributed by atoms with Gasteiger partial charge in [0.05, 0.1) is 19.9 Å². The molecular weight excluding hydrogens is 242 g/mol. The van der Waals surface area contributed by atoms with Crippen molar-refractivity contribution in [2.75, 3.05) is 20.0 Å². The van der Waals surface area contributed by atoms with Crippen LogP contribution in [0.2, 0.25) is 0 Å². The van der Waals surface area contributed by atoms with E-state index < -0.39 is 5.97 Å². The van der Waals surface area contributed by atoms with Gasteiger partial charge in [-0.15, -0.1) is 0 Å². The zero-order valence-corrected chi connectivity index (χ0v) is 10.8. The van der Waals surface area contributed by atoms with Crippen molar-refractivity contribution in [3.8, 4) is 16.9 Å². The summed E-state index contributed by atoms with van der Waals surface area (Å²) in [6.07, 6.45) is 0. The van der Waals surface area contributed by atoms with Gasteiger partial charge in [-0.05, 0) is 23.3 Å². The highest BCUT2D eigenvalue weighted by atomic mass is 16.5. The number of benzene rings is 2.